The fourth-order valence-electron chi connectivity index (χ4n) is 12.6. The molecule has 3 N–H and O–H groups in total. The summed E-state index contributed by atoms with van der Waals surface area (Å²) in [6, 6.07) is 0. The number of hydrogen-bond acceptors (Lipinski definition) is 15. The van der Waals surface area contributed by atoms with Crippen LogP contribution in [0.3, 0.4) is 0 Å². The predicted octanol–water partition coefficient (Wildman–Crippen LogP) is 24.4. The van der Waals surface area contributed by atoms with Gasteiger partial charge in [0.25, 0.3) is 0 Å². The maximum atomic E-state index is 13.1. The van der Waals surface area contributed by atoms with Gasteiger partial charge in [0.15, 0.2) is 12.2 Å². The van der Waals surface area contributed by atoms with Crippen LogP contribution in [0.2, 0.25) is 0 Å². The van der Waals surface area contributed by atoms with Crippen LogP contribution in [0.1, 0.15) is 421 Å². The molecule has 600 valence electrons. The lowest BCUT2D eigenvalue weighted by Gasteiger charge is -2.21. The van der Waals surface area contributed by atoms with Crippen molar-refractivity contribution in [3.05, 3.63) is 0 Å². The normalized spacial score (nSPS) is 14.3. The summed E-state index contributed by atoms with van der Waals surface area (Å²) in [5.41, 5.74) is 0. The number of carbonyl (C=O) groups excluding carboxylic acids is 4. The molecule has 0 spiro atoms. The first-order valence-electron chi connectivity index (χ1n) is 42.2. The third-order valence-electron chi connectivity index (χ3n) is 19.4. The zero-order valence-corrected chi connectivity index (χ0v) is 68.3. The Hall–Kier alpha value is -1.94. The Morgan fingerprint density at radius 2 is 0.475 bits per heavy atom. The Bertz CT molecular complexity index is 1970. The molecule has 0 aromatic rings. The number of aliphatic hydroxyl groups excluding tert-OH is 1. The Morgan fingerprint density at radius 3 is 0.703 bits per heavy atom. The number of ether oxygens (including phenoxy) is 4. The third kappa shape index (κ3) is 74.7. The maximum absolute atomic E-state index is 13.1. The zero-order valence-electron chi connectivity index (χ0n) is 66.5. The molecule has 0 rings (SSSR count). The van der Waals surface area contributed by atoms with E-state index >= 15 is 0 Å². The molecule has 0 heterocycles. The second kappa shape index (κ2) is 71.0. The minimum absolute atomic E-state index is 0.107. The Morgan fingerprint density at radius 1 is 0.277 bits per heavy atom. The molecule has 0 fully saturated rings. The van der Waals surface area contributed by atoms with Gasteiger partial charge in [-0.2, -0.15) is 0 Å². The molecule has 0 saturated carbocycles. The number of unbranched alkanes of at least 4 members (excludes halogenated alkanes) is 44. The van der Waals surface area contributed by atoms with E-state index in [1.54, 1.807) is 0 Å². The molecule has 0 aliphatic rings. The highest BCUT2D eigenvalue weighted by Gasteiger charge is 2.30. The van der Waals surface area contributed by atoms with E-state index in [2.05, 4.69) is 55.4 Å². The number of rotatable bonds is 79. The van der Waals surface area contributed by atoms with Gasteiger partial charge in [-0.05, 0) is 49.4 Å². The molecule has 101 heavy (non-hydrogen) atoms. The van der Waals surface area contributed by atoms with Crippen molar-refractivity contribution in [1.29, 1.82) is 0 Å². The van der Waals surface area contributed by atoms with Crippen LogP contribution in [-0.4, -0.2) is 96.7 Å². The standard InChI is InChI=1S/C82H160O17P2/c1-9-75(8)61-53-45-36-30-23-19-14-12-10-11-13-15-20-24-32-38-48-56-65-82(87)99-78(69-93-80(85)63-55-47-41-40-44-52-60-74(6)7)71-97-101(90,91)95-67-76(83)66-94-100(88,89)96-70-77(68-92-79(84)62-54-46-37-31-27-26-29-35-43-51-59-73(4)5)98-81(86)64-57-49-39-33-25-21-17-16-18-22-28-34-42-50-58-72(2)3/h72-78,83H,9-71H2,1-8H3,(H,88,89)(H,90,91)/t75?,76-,77-,78-/m1/s1. The molecule has 0 aliphatic heterocycles. The lowest BCUT2D eigenvalue weighted by Crippen LogP contribution is -2.30. The Kier molecular flexibility index (Phi) is 69.6. The van der Waals surface area contributed by atoms with Crippen LogP contribution in [0.15, 0.2) is 0 Å². The molecule has 0 aromatic heterocycles. The largest absolute Gasteiger partial charge is 0.472 e. The van der Waals surface area contributed by atoms with Gasteiger partial charge in [0.1, 0.15) is 19.3 Å². The van der Waals surface area contributed by atoms with Gasteiger partial charge in [0, 0.05) is 25.7 Å². The minimum Gasteiger partial charge on any atom is -0.462 e. The van der Waals surface area contributed by atoms with Crippen LogP contribution in [-0.2, 0) is 65.4 Å². The maximum Gasteiger partial charge on any atom is 0.472 e. The summed E-state index contributed by atoms with van der Waals surface area (Å²) in [5.74, 6) is 0.988. The summed E-state index contributed by atoms with van der Waals surface area (Å²) in [6.07, 6.45) is 58.5. The highest BCUT2D eigenvalue weighted by atomic mass is 31.2. The van der Waals surface area contributed by atoms with Crippen molar-refractivity contribution >= 4 is 39.5 Å². The van der Waals surface area contributed by atoms with Gasteiger partial charge in [-0.25, -0.2) is 9.13 Å². The molecule has 0 radical (unpaired) electrons. The van der Waals surface area contributed by atoms with Crippen LogP contribution in [0.5, 0.6) is 0 Å². The lowest BCUT2D eigenvalue weighted by molar-refractivity contribution is -0.161. The number of phosphoric acid groups is 2. The average Bonchev–Trinajstić information content (AvgIpc) is 0.965. The van der Waals surface area contributed by atoms with Crippen molar-refractivity contribution in [3.63, 3.8) is 0 Å². The highest BCUT2D eigenvalue weighted by molar-refractivity contribution is 7.47. The van der Waals surface area contributed by atoms with E-state index in [-0.39, 0.29) is 25.7 Å². The zero-order chi connectivity index (χ0) is 74.6. The summed E-state index contributed by atoms with van der Waals surface area (Å²) < 4.78 is 68.7. The number of esters is 4. The topological polar surface area (TPSA) is 237 Å². The second-order valence-corrected chi connectivity index (χ2v) is 34.1. The monoisotopic (exact) mass is 1480 g/mol. The van der Waals surface area contributed by atoms with Gasteiger partial charge in [0.2, 0.25) is 0 Å². The smallest absolute Gasteiger partial charge is 0.462 e. The quantitative estimate of drug-likeness (QED) is 0.0222. The van der Waals surface area contributed by atoms with Crippen molar-refractivity contribution in [2.24, 2.45) is 23.7 Å². The molecule has 0 saturated heterocycles. The first-order valence-corrected chi connectivity index (χ1v) is 45.2. The molecule has 0 amide bonds. The van der Waals surface area contributed by atoms with E-state index in [0.717, 1.165) is 114 Å². The van der Waals surface area contributed by atoms with Crippen molar-refractivity contribution in [1.82, 2.24) is 0 Å². The Balaban J connectivity index is 5.18. The molecule has 17 nitrogen and oxygen atoms in total. The molecule has 3 unspecified atom stereocenters. The van der Waals surface area contributed by atoms with E-state index in [1.165, 1.54) is 218 Å². The van der Waals surface area contributed by atoms with E-state index in [9.17, 15) is 43.2 Å². The van der Waals surface area contributed by atoms with E-state index in [4.69, 9.17) is 37.0 Å². The second-order valence-electron chi connectivity index (χ2n) is 31.2. The Labute approximate surface area is 619 Å². The van der Waals surface area contributed by atoms with Crippen LogP contribution in [0, 0.1) is 23.7 Å². The van der Waals surface area contributed by atoms with Crippen LogP contribution < -0.4 is 0 Å². The molecule has 0 aliphatic carbocycles. The predicted molar refractivity (Wildman–Crippen MR) is 414 cm³/mol. The summed E-state index contributed by atoms with van der Waals surface area (Å²) in [7, 11) is -9.92. The minimum atomic E-state index is -4.96. The average molecular weight is 1480 g/mol. The van der Waals surface area contributed by atoms with Crippen LogP contribution in [0.4, 0.5) is 0 Å². The lowest BCUT2D eigenvalue weighted by atomic mass is 9.99. The number of phosphoric ester groups is 2. The first kappa shape index (κ1) is 99.1. The molecule has 0 bridgehead atoms. The van der Waals surface area contributed by atoms with Crippen molar-refractivity contribution in [2.75, 3.05) is 39.6 Å². The SMILES string of the molecule is CCC(C)CCCCCCCCCCCCCCCCCCCCC(=O)O[C@H](COC(=O)CCCCCCCCC(C)C)COP(=O)(O)OC[C@H](O)COP(=O)(O)OC[C@@H](COC(=O)CCCCCCCCCCCCC(C)C)OC(=O)CCCCCCCCCCCCCCCCC(C)C. The van der Waals surface area contributed by atoms with E-state index in [1.807, 2.05) is 0 Å². The van der Waals surface area contributed by atoms with Crippen molar-refractivity contribution in [3.8, 4) is 0 Å². The van der Waals surface area contributed by atoms with Crippen LogP contribution in [0.25, 0.3) is 0 Å². The molecular formula is C82H160O17P2. The van der Waals surface area contributed by atoms with Crippen molar-refractivity contribution in [2.45, 2.75) is 440 Å². The van der Waals surface area contributed by atoms with Gasteiger partial charge in [-0.15, -0.1) is 0 Å². The molecule has 6 atom stereocenters. The van der Waals surface area contributed by atoms with E-state index < -0.39 is 97.5 Å². The van der Waals surface area contributed by atoms with E-state index in [0.29, 0.717) is 31.6 Å². The first-order chi connectivity index (χ1) is 48.6. The van der Waals surface area contributed by atoms with Gasteiger partial charge in [-0.3, -0.25) is 37.3 Å². The van der Waals surface area contributed by atoms with Crippen LogP contribution >= 0.6 is 15.6 Å². The van der Waals surface area contributed by atoms with Gasteiger partial charge in [-0.1, -0.05) is 370 Å². The highest BCUT2D eigenvalue weighted by Crippen LogP contribution is 2.45. The van der Waals surface area contributed by atoms with Gasteiger partial charge in [0.05, 0.1) is 26.4 Å². The van der Waals surface area contributed by atoms with Crippen molar-refractivity contribution < 1.29 is 80.2 Å². The molecule has 19 heteroatoms. The molecular weight excluding hydrogens is 1320 g/mol. The van der Waals surface area contributed by atoms with Gasteiger partial charge >= 0.3 is 39.5 Å². The summed E-state index contributed by atoms with van der Waals surface area (Å²) in [4.78, 5) is 73.0. The number of carbonyl (C=O) groups is 4. The third-order valence-corrected chi connectivity index (χ3v) is 21.3. The fraction of sp³-hybridized carbons (Fsp3) is 0.951. The number of hydrogen-bond donors (Lipinski definition) is 3. The fourth-order valence-corrected chi connectivity index (χ4v) is 14.2. The summed E-state index contributed by atoms with van der Waals surface area (Å²) in [6.45, 7) is 14.2. The van der Waals surface area contributed by atoms with Gasteiger partial charge < -0.3 is 33.8 Å². The molecule has 0 aromatic carbocycles. The summed E-state index contributed by atoms with van der Waals surface area (Å²) in [5, 5.41) is 10.6. The number of aliphatic hydroxyl groups is 1. The summed E-state index contributed by atoms with van der Waals surface area (Å²) >= 11 is 0.